The van der Waals surface area contributed by atoms with Crippen LogP contribution in [-0.4, -0.2) is 0 Å². The smallest absolute Gasteiger partial charge is 0.0412 e. The van der Waals surface area contributed by atoms with Gasteiger partial charge in [-0.1, -0.05) is 30.5 Å². The SMILES string of the molecule is Cc1ccc(Cl)cc1C1(N)CCCC1. The summed E-state index contributed by atoms with van der Waals surface area (Å²) >= 11 is 6.00. The van der Waals surface area contributed by atoms with E-state index in [9.17, 15) is 0 Å². The minimum Gasteiger partial charge on any atom is -0.321 e. The quantitative estimate of drug-likeness (QED) is 0.754. The van der Waals surface area contributed by atoms with E-state index in [-0.39, 0.29) is 5.54 Å². The minimum atomic E-state index is -0.116. The van der Waals surface area contributed by atoms with Gasteiger partial charge in [-0.05, 0) is 43.0 Å². The molecule has 2 N–H and O–H groups in total. The fourth-order valence-electron chi connectivity index (χ4n) is 2.41. The van der Waals surface area contributed by atoms with Crippen molar-refractivity contribution < 1.29 is 0 Å². The van der Waals surface area contributed by atoms with Gasteiger partial charge in [0.15, 0.2) is 0 Å². The number of nitrogens with two attached hydrogens (primary N) is 1. The van der Waals surface area contributed by atoms with Gasteiger partial charge in [-0.3, -0.25) is 0 Å². The molecule has 0 unspecified atom stereocenters. The first-order chi connectivity index (χ1) is 6.62. The van der Waals surface area contributed by atoms with Crippen molar-refractivity contribution in [3.63, 3.8) is 0 Å². The second-order valence-electron chi connectivity index (χ2n) is 4.32. The molecular weight excluding hydrogens is 194 g/mol. The monoisotopic (exact) mass is 209 g/mol. The molecular formula is C12H16ClN. The first kappa shape index (κ1) is 10.0. The highest BCUT2D eigenvalue weighted by Crippen LogP contribution is 2.38. The van der Waals surface area contributed by atoms with Crippen LogP contribution in [0, 0.1) is 6.92 Å². The Morgan fingerprint density at radius 1 is 1.29 bits per heavy atom. The molecule has 0 bridgehead atoms. The lowest BCUT2D eigenvalue weighted by Gasteiger charge is -2.26. The fraction of sp³-hybridized carbons (Fsp3) is 0.500. The molecule has 14 heavy (non-hydrogen) atoms. The molecule has 1 aromatic carbocycles. The van der Waals surface area contributed by atoms with Crippen molar-refractivity contribution in [1.29, 1.82) is 0 Å². The van der Waals surface area contributed by atoms with Gasteiger partial charge in [0, 0.05) is 10.6 Å². The van der Waals surface area contributed by atoms with Crippen LogP contribution < -0.4 is 5.73 Å². The molecule has 1 nitrogen and oxygen atoms in total. The largest absolute Gasteiger partial charge is 0.321 e. The lowest BCUT2D eigenvalue weighted by atomic mass is 9.86. The van der Waals surface area contributed by atoms with Crippen molar-refractivity contribution in [1.82, 2.24) is 0 Å². The van der Waals surface area contributed by atoms with E-state index in [1.54, 1.807) is 0 Å². The van der Waals surface area contributed by atoms with Crippen molar-refractivity contribution >= 4 is 11.6 Å². The second kappa shape index (κ2) is 3.56. The Bertz CT molecular complexity index is 340. The molecule has 0 spiro atoms. The fourth-order valence-corrected chi connectivity index (χ4v) is 2.58. The molecule has 0 saturated heterocycles. The van der Waals surface area contributed by atoms with Crippen LogP contribution in [0.2, 0.25) is 5.02 Å². The lowest BCUT2D eigenvalue weighted by Crippen LogP contribution is -2.33. The van der Waals surface area contributed by atoms with Gasteiger partial charge in [0.1, 0.15) is 0 Å². The predicted molar refractivity (Wildman–Crippen MR) is 60.5 cm³/mol. The molecule has 0 atom stereocenters. The summed E-state index contributed by atoms with van der Waals surface area (Å²) < 4.78 is 0. The molecule has 2 heteroatoms. The van der Waals surface area contributed by atoms with E-state index in [1.165, 1.54) is 24.0 Å². The van der Waals surface area contributed by atoms with E-state index in [1.807, 2.05) is 12.1 Å². The van der Waals surface area contributed by atoms with Crippen molar-refractivity contribution in [3.8, 4) is 0 Å². The number of benzene rings is 1. The van der Waals surface area contributed by atoms with Gasteiger partial charge in [0.05, 0.1) is 0 Å². The maximum Gasteiger partial charge on any atom is 0.0412 e. The van der Waals surface area contributed by atoms with Gasteiger partial charge in [-0.15, -0.1) is 0 Å². The molecule has 1 fully saturated rings. The average Bonchev–Trinajstić information content (AvgIpc) is 2.58. The molecule has 0 amide bonds. The maximum absolute atomic E-state index is 6.39. The van der Waals surface area contributed by atoms with Gasteiger partial charge < -0.3 is 5.73 Å². The van der Waals surface area contributed by atoms with E-state index in [0.29, 0.717) is 0 Å². The minimum absolute atomic E-state index is 0.116. The van der Waals surface area contributed by atoms with Crippen LogP contribution in [0.25, 0.3) is 0 Å². The number of halogens is 1. The summed E-state index contributed by atoms with van der Waals surface area (Å²) in [5, 5.41) is 0.794. The summed E-state index contributed by atoms with van der Waals surface area (Å²) in [5.41, 5.74) is 8.78. The molecule has 2 rings (SSSR count). The maximum atomic E-state index is 6.39. The Kier molecular flexibility index (Phi) is 2.54. The van der Waals surface area contributed by atoms with Crippen LogP contribution in [0.15, 0.2) is 18.2 Å². The summed E-state index contributed by atoms with van der Waals surface area (Å²) in [4.78, 5) is 0. The molecule has 76 valence electrons. The zero-order valence-electron chi connectivity index (χ0n) is 8.52. The standard InChI is InChI=1S/C12H16ClN/c1-9-4-5-10(13)8-11(9)12(14)6-2-3-7-12/h4-5,8H,2-3,6-7,14H2,1H3. The summed E-state index contributed by atoms with van der Waals surface area (Å²) in [6.45, 7) is 2.11. The van der Waals surface area contributed by atoms with Gasteiger partial charge in [0.25, 0.3) is 0 Å². The van der Waals surface area contributed by atoms with Crippen molar-refractivity contribution in [2.24, 2.45) is 5.73 Å². The number of rotatable bonds is 1. The zero-order valence-corrected chi connectivity index (χ0v) is 9.27. The van der Waals surface area contributed by atoms with Crippen LogP contribution >= 0.6 is 11.6 Å². The third kappa shape index (κ3) is 1.67. The normalized spacial score (nSPS) is 19.9. The topological polar surface area (TPSA) is 26.0 Å². The molecule has 1 aliphatic carbocycles. The highest BCUT2D eigenvalue weighted by atomic mass is 35.5. The van der Waals surface area contributed by atoms with Crippen molar-refractivity contribution in [2.75, 3.05) is 0 Å². The first-order valence-electron chi connectivity index (χ1n) is 5.17. The van der Waals surface area contributed by atoms with Gasteiger partial charge >= 0.3 is 0 Å². The summed E-state index contributed by atoms with van der Waals surface area (Å²) in [5.74, 6) is 0. The Hall–Kier alpha value is -0.530. The van der Waals surface area contributed by atoms with E-state index >= 15 is 0 Å². The van der Waals surface area contributed by atoms with Gasteiger partial charge in [-0.2, -0.15) is 0 Å². The highest BCUT2D eigenvalue weighted by Gasteiger charge is 2.32. The summed E-state index contributed by atoms with van der Waals surface area (Å²) in [7, 11) is 0. The van der Waals surface area contributed by atoms with E-state index in [4.69, 9.17) is 17.3 Å². The lowest BCUT2D eigenvalue weighted by molar-refractivity contribution is 0.459. The third-order valence-electron chi connectivity index (χ3n) is 3.23. The van der Waals surface area contributed by atoms with Crippen molar-refractivity contribution in [2.45, 2.75) is 38.1 Å². The number of hydrogen-bond donors (Lipinski definition) is 1. The van der Waals surface area contributed by atoms with Crippen molar-refractivity contribution in [3.05, 3.63) is 34.3 Å². The molecule has 0 radical (unpaired) electrons. The van der Waals surface area contributed by atoms with Crippen LogP contribution in [0.5, 0.6) is 0 Å². The molecule has 0 aromatic heterocycles. The predicted octanol–water partition coefficient (Wildman–Crippen LogP) is 3.38. The molecule has 0 heterocycles. The molecule has 1 aromatic rings. The van der Waals surface area contributed by atoms with Gasteiger partial charge in [0.2, 0.25) is 0 Å². The highest BCUT2D eigenvalue weighted by molar-refractivity contribution is 6.30. The van der Waals surface area contributed by atoms with Crippen LogP contribution in [-0.2, 0) is 5.54 Å². The van der Waals surface area contributed by atoms with Gasteiger partial charge in [-0.25, -0.2) is 0 Å². The van der Waals surface area contributed by atoms with Crippen LogP contribution in [0.4, 0.5) is 0 Å². The molecule has 0 aliphatic heterocycles. The number of aryl methyl sites for hydroxylation is 1. The Morgan fingerprint density at radius 3 is 2.57 bits per heavy atom. The second-order valence-corrected chi connectivity index (χ2v) is 4.76. The Morgan fingerprint density at radius 2 is 1.93 bits per heavy atom. The Balaban J connectivity index is 2.44. The van der Waals surface area contributed by atoms with E-state index in [2.05, 4.69) is 13.0 Å². The van der Waals surface area contributed by atoms with Crippen LogP contribution in [0.1, 0.15) is 36.8 Å². The third-order valence-corrected chi connectivity index (χ3v) is 3.47. The number of hydrogen-bond acceptors (Lipinski definition) is 1. The van der Waals surface area contributed by atoms with Crippen LogP contribution in [0.3, 0.4) is 0 Å². The van der Waals surface area contributed by atoms with E-state index in [0.717, 1.165) is 17.9 Å². The first-order valence-corrected chi connectivity index (χ1v) is 5.55. The average molecular weight is 210 g/mol. The molecule has 1 aliphatic rings. The Labute approximate surface area is 90.3 Å². The summed E-state index contributed by atoms with van der Waals surface area (Å²) in [6, 6.07) is 6.02. The summed E-state index contributed by atoms with van der Waals surface area (Å²) in [6.07, 6.45) is 4.66. The zero-order chi connectivity index (χ0) is 10.2. The van der Waals surface area contributed by atoms with E-state index < -0.39 is 0 Å². The molecule has 1 saturated carbocycles.